The zero-order chi connectivity index (χ0) is 26.1. The Hall–Kier alpha value is -3.54. The molecule has 0 saturated carbocycles. The number of carboxylic acids is 2. The van der Waals surface area contributed by atoms with E-state index < -0.39 is 11.9 Å². The second-order valence-electron chi connectivity index (χ2n) is 7.98. The molecule has 4 rings (SSSR count). The van der Waals surface area contributed by atoms with Gasteiger partial charge in [0.05, 0.1) is 9.72 Å². The number of rotatable bonds is 7. The predicted octanol–water partition coefficient (Wildman–Crippen LogP) is 3.74. The van der Waals surface area contributed by atoms with Gasteiger partial charge in [-0.25, -0.2) is 19.6 Å². The van der Waals surface area contributed by atoms with E-state index in [1.54, 1.807) is 13.4 Å². The van der Waals surface area contributed by atoms with E-state index in [4.69, 9.17) is 21.8 Å². The van der Waals surface area contributed by atoms with Gasteiger partial charge in [-0.2, -0.15) is 0 Å². The SMILES string of the molecule is CNC(=O)c1cccc(CN2CCC(Nc3ncnc4sc(Cl)cc34)CC2)c1.O=C(O)/C=C\C(=O)O.[HH]. The predicted molar refractivity (Wildman–Crippen MR) is 141 cm³/mol. The van der Waals surface area contributed by atoms with E-state index >= 15 is 0 Å². The summed E-state index contributed by atoms with van der Waals surface area (Å²) in [6.07, 6.45) is 4.79. The Bertz CT molecular complexity index is 1250. The first-order valence-corrected chi connectivity index (χ1v) is 12.3. The van der Waals surface area contributed by atoms with Gasteiger partial charge in [-0.3, -0.25) is 9.69 Å². The number of hydrogen-bond acceptors (Lipinski definition) is 8. The number of aromatic nitrogens is 2. The quantitative estimate of drug-likeness (QED) is 0.334. The molecular weight excluding hydrogens is 506 g/mol. The molecule has 1 fully saturated rings. The van der Waals surface area contributed by atoms with E-state index in [-0.39, 0.29) is 7.33 Å². The molecule has 3 aromatic rings. The molecule has 10 nitrogen and oxygen atoms in total. The van der Waals surface area contributed by atoms with Gasteiger partial charge in [-0.05, 0) is 36.6 Å². The number of amides is 1. The zero-order valence-corrected chi connectivity index (χ0v) is 21.1. The van der Waals surface area contributed by atoms with Crippen molar-refractivity contribution in [1.82, 2.24) is 20.2 Å². The van der Waals surface area contributed by atoms with Gasteiger partial charge in [0, 0.05) is 51.9 Å². The number of carboxylic acid groups (broad SMARTS) is 2. The first-order valence-electron chi connectivity index (χ1n) is 11.1. The zero-order valence-electron chi connectivity index (χ0n) is 19.5. The monoisotopic (exact) mass is 533 g/mol. The van der Waals surface area contributed by atoms with Crippen molar-refractivity contribution in [2.24, 2.45) is 0 Å². The molecule has 0 aliphatic carbocycles. The lowest BCUT2D eigenvalue weighted by Gasteiger charge is -2.32. The highest BCUT2D eigenvalue weighted by atomic mass is 35.5. The van der Waals surface area contributed by atoms with E-state index in [9.17, 15) is 14.4 Å². The smallest absolute Gasteiger partial charge is 0.328 e. The minimum absolute atomic E-state index is 0. The molecular formula is C24H28ClN5O5S. The van der Waals surface area contributed by atoms with Crippen LogP contribution in [0.4, 0.5) is 5.82 Å². The molecule has 192 valence electrons. The van der Waals surface area contributed by atoms with Gasteiger partial charge in [0.1, 0.15) is 17.0 Å². The Balaban J connectivity index is 0.000000467. The molecule has 12 heteroatoms. The van der Waals surface area contributed by atoms with Crippen molar-refractivity contribution in [3.05, 3.63) is 64.3 Å². The molecule has 2 aromatic heterocycles. The average molecular weight is 534 g/mol. The maximum atomic E-state index is 11.8. The minimum Gasteiger partial charge on any atom is -0.478 e. The minimum atomic E-state index is -1.26. The van der Waals surface area contributed by atoms with E-state index in [1.807, 2.05) is 24.3 Å². The molecule has 3 heterocycles. The summed E-state index contributed by atoms with van der Waals surface area (Å²) < 4.78 is 0.729. The van der Waals surface area contributed by atoms with Crippen LogP contribution in [-0.2, 0) is 16.1 Å². The number of fused-ring (bicyclic) bond motifs is 1. The van der Waals surface area contributed by atoms with Crippen LogP contribution in [0.2, 0.25) is 4.34 Å². The lowest BCUT2D eigenvalue weighted by molar-refractivity contribution is -0.134. The van der Waals surface area contributed by atoms with Gasteiger partial charge >= 0.3 is 11.9 Å². The topological polar surface area (TPSA) is 145 Å². The van der Waals surface area contributed by atoms with Crippen LogP contribution in [0.5, 0.6) is 0 Å². The first kappa shape index (κ1) is 27.1. The Morgan fingerprint density at radius 1 is 1.17 bits per heavy atom. The highest BCUT2D eigenvalue weighted by molar-refractivity contribution is 7.22. The second-order valence-corrected chi connectivity index (χ2v) is 9.64. The highest BCUT2D eigenvalue weighted by Crippen LogP contribution is 2.32. The summed E-state index contributed by atoms with van der Waals surface area (Å²) >= 11 is 7.60. The molecule has 1 aromatic carbocycles. The normalized spacial score (nSPS) is 14.3. The number of carbonyl (C=O) groups excluding carboxylic acids is 1. The molecule has 0 unspecified atom stereocenters. The third-order valence-corrected chi connectivity index (χ3v) is 6.59. The van der Waals surface area contributed by atoms with Crippen LogP contribution in [-0.4, -0.2) is 69.1 Å². The molecule has 0 atom stereocenters. The number of piperidine rings is 1. The van der Waals surface area contributed by atoms with Crippen LogP contribution in [0.3, 0.4) is 0 Å². The molecule has 0 spiro atoms. The average Bonchev–Trinajstić information content (AvgIpc) is 3.25. The van der Waals surface area contributed by atoms with E-state index in [1.165, 1.54) is 11.3 Å². The maximum absolute atomic E-state index is 11.8. The molecule has 4 N–H and O–H groups in total. The van der Waals surface area contributed by atoms with E-state index in [0.717, 1.165) is 58.4 Å². The van der Waals surface area contributed by atoms with Crippen molar-refractivity contribution >= 4 is 56.8 Å². The Labute approximate surface area is 218 Å². The third kappa shape index (κ3) is 8.01. The van der Waals surface area contributed by atoms with Gasteiger partial charge in [-0.1, -0.05) is 23.7 Å². The van der Waals surface area contributed by atoms with Gasteiger partial charge in [0.25, 0.3) is 5.91 Å². The highest BCUT2D eigenvalue weighted by Gasteiger charge is 2.21. The molecule has 1 saturated heterocycles. The van der Waals surface area contributed by atoms with Crippen molar-refractivity contribution in [2.75, 3.05) is 25.5 Å². The lowest BCUT2D eigenvalue weighted by atomic mass is 10.0. The van der Waals surface area contributed by atoms with Gasteiger partial charge in [0.15, 0.2) is 0 Å². The summed E-state index contributed by atoms with van der Waals surface area (Å²) in [6.45, 7) is 2.86. The number of nitrogens with zero attached hydrogens (tertiary/aromatic N) is 3. The summed E-state index contributed by atoms with van der Waals surface area (Å²) in [6, 6.07) is 10.2. The van der Waals surface area contributed by atoms with Crippen molar-refractivity contribution in [2.45, 2.75) is 25.4 Å². The number of likely N-dealkylation sites (tertiary alicyclic amines) is 1. The van der Waals surface area contributed by atoms with E-state index in [2.05, 4.69) is 31.6 Å². The fraction of sp³-hybridized carbons (Fsp3) is 0.292. The van der Waals surface area contributed by atoms with Gasteiger partial charge in [-0.15, -0.1) is 11.3 Å². The molecule has 1 aliphatic heterocycles. The number of aliphatic carboxylic acids is 2. The van der Waals surface area contributed by atoms with Gasteiger partial charge in [0.2, 0.25) is 0 Å². The van der Waals surface area contributed by atoms with Crippen LogP contribution in [0.1, 0.15) is 30.2 Å². The number of halogens is 1. The van der Waals surface area contributed by atoms with Crippen LogP contribution < -0.4 is 10.6 Å². The molecule has 1 aliphatic rings. The van der Waals surface area contributed by atoms with Crippen molar-refractivity contribution in [3.8, 4) is 0 Å². The van der Waals surface area contributed by atoms with Crippen LogP contribution in [0.15, 0.2) is 48.8 Å². The molecule has 1 amide bonds. The van der Waals surface area contributed by atoms with Gasteiger partial charge < -0.3 is 20.8 Å². The third-order valence-electron chi connectivity index (χ3n) is 5.42. The number of hydrogen-bond donors (Lipinski definition) is 4. The fourth-order valence-corrected chi connectivity index (χ4v) is 4.78. The summed E-state index contributed by atoms with van der Waals surface area (Å²) in [4.78, 5) is 43.0. The van der Waals surface area contributed by atoms with Crippen molar-refractivity contribution in [1.29, 1.82) is 0 Å². The van der Waals surface area contributed by atoms with Crippen LogP contribution in [0.25, 0.3) is 10.2 Å². The van der Waals surface area contributed by atoms with Crippen LogP contribution >= 0.6 is 22.9 Å². The van der Waals surface area contributed by atoms with Crippen molar-refractivity contribution < 1.29 is 26.0 Å². The molecule has 36 heavy (non-hydrogen) atoms. The fourth-order valence-electron chi connectivity index (χ4n) is 3.73. The number of thiophene rings is 1. The number of carbonyl (C=O) groups is 3. The maximum Gasteiger partial charge on any atom is 0.328 e. The molecule has 0 radical (unpaired) electrons. The lowest BCUT2D eigenvalue weighted by Crippen LogP contribution is -2.38. The Kier molecular flexibility index (Phi) is 9.74. The summed E-state index contributed by atoms with van der Waals surface area (Å²) in [5, 5.41) is 22.9. The number of benzene rings is 1. The first-order chi connectivity index (χ1) is 17.2. The van der Waals surface area contributed by atoms with Crippen molar-refractivity contribution in [3.63, 3.8) is 0 Å². The summed E-state index contributed by atoms with van der Waals surface area (Å²) in [7, 11) is 1.66. The standard InChI is InChI=1S/C20H22ClN5OS.C4H4O4.H2/c1-22-19(27)14-4-2-3-13(9-14)11-26-7-5-15(6-8-26)25-18-16-10-17(21)28-20(16)24-12-23-18;5-3(6)1-2-4(7)8;/h2-4,9-10,12,15H,5-8,11H2,1H3,(H,22,27)(H,23,24,25);1-2H,(H,5,6)(H,7,8);1H/b;2-1-;. The number of anilines is 1. The van der Waals surface area contributed by atoms with Crippen LogP contribution in [0, 0.1) is 0 Å². The summed E-state index contributed by atoms with van der Waals surface area (Å²) in [5.41, 5.74) is 1.87. The Morgan fingerprint density at radius 2 is 1.86 bits per heavy atom. The Morgan fingerprint density at radius 3 is 2.50 bits per heavy atom. The summed E-state index contributed by atoms with van der Waals surface area (Å²) in [5.74, 6) is -1.70. The second kappa shape index (κ2) is 13.0. The van der Waals surface area contributed by atoms with E-state index in [0.29, 0.717) is 23.8 Å². The molecule has 0 bridgehead atoms. The number of nitrogens with one attached hydrogen (secondary N) is 2. The largest absolute Gasteiger partial charge is 0.478 e.